The topological polar surface area (TPSA) is 63.2 Å². The number of hydrogen-bond acceptors (Lipinski definition) is 3. The second-order valence-electron chi connectivity index (χ2n) is 4.88. The first-order chi connectivity index (χ1) is 11.1. The minimum atomic E-state index is -4.58. The minimum Gasteiger partial charge on any atom is -0.322 e. The zero-order valence-electron chi connectivity index (χ0n) is 12.2. The second-order valence-corrected chi connectivity index (χ2v) is 7.11. The molecule has 0 radical (unpaired) electrons. The van der Waals surface area contributed by atoms with E-state index in [1.807, 2.05) is 5.32 Å². The Balaban J connectivity index is 2.32. The molecular weight excluding hydrogens is 350 g/mol. The maximum Gasteiger partial charge on any atom is 0.242 e. The third-order valence-electron chi connectivity index (χ3n) is 3.22. The fourth-order valence-electron chi connectivity index (χ4n) is 1.85. The van der Waals surface area contributed by atoms with Crippen LogP contribution in [-0.4, -0.2) is 19.6 Å². The van der Waals surface area contributed by atoms with E-state index in [-0.39, 0.29) is 0 Å². The molecule has 0 saturated carbocycles. The number of rotatable bonds is 4. The predicted octanol–water partition coefficient (Wildman–Crippen LogP) is 3.04. The highest BCUT2D eigenvalue weighted by atomic mass is 32.2. The summed E-state index contributed by atoms with van der Waals surface area (Å²) in [7, 11) is -4.58. The Kier molecular flexibility index (Phi) is 4.93. The van der Waals surface area contributed by atoms with Crippen LogP contribution in [0.1, 0.15) is 6.92 Å². The number of benzene rings is 2. The van der Waals surface area contributed by atoms with Gasteiger partial charge >= 0.3 is 0 Å². The fraction of sp³-hybridized carbons (Fsp3) is 0.133. The minimum absolute atomic E-state index is 0.442. The van der Waals surface area contributed by atoms with Crippen molar-refractivity contribution >= 4 is 21.4 Å². The van der Waals surface area contributed by atoms with Crippen LogP contribution in [-0.2, 0) is 14.6 Å². The number of anilines is 1. The summed E-state index contributed by atoms with van der Waals surface area (Å²) >= 11 is 0. The summed E-state index contributed by atoms with van der Waals surface area (Å²) < 4.78 is 77.9. The molecule has 0 aliphatic carbocycles. The SMILES string of the molecule is C[C@@H](C(=O)Nc1cc(F)ccc1F)S(=O)(=O)c1cc(F)ccc1F. The first-order valence-electron chi connectivity index (χ1n) is 6.58. The van der Waals surface area contributed by atoms with E-state index in [2.05, 4.69) is 0 Å². The molecule has 0 aromatic heterocycles. The highest BCUT2D eigenvalue weighted by Gasteiger charge is 2.32. The third-order valence-corrected chi connectivity index (χ3v) is 5.29. The van der Waals surface area contributed by atoms with E-state index >= 15 is 0 Å². The average molecular weight is 361 g/mol. The van der Waals surface area contributed by atoms with E-state index in [1.165, 1.54) is 0 Å². The smallest absolute Gasteiger partial charge is 0.242 e. The lowest BCUT2D eigenvalue weighted by molar-refractivity contribution is -0.115. The van der Waals surface area contributed by atoms with Crippen LogP contribution in [0.2, 0.25) is 0 Å². The van der Waals surface area contributed by atoms with Gasteiger partial charge in [-0.05, 0) is 37.3 Å². The molecule has 0 spiro atoms. The Bertz CT molecular complexity index is 900. The zero-order valence-corrected chi connectivity index (χ0v) is 13.0. The predicted molar refractivity (Wildman–Crippen MR) is 78.0 cm³/mol. The van der Waals surface area contributed by atoms with Crippen LogP contribution in [0.5, 0.6) is 0 Å². The third kappa shape index (κ3) is 3.56. The molecule has 2 rings (SSSR count). The second kappa shape index (κ2) is 6.60. The monoisotopic (exact) mass is 361 g/mol. The lowest BCUT2D eigenvalue weighted by Crippen LogP contribution is -2.33. The summed E-state index contributed by atoms with van der Waals surface area (Å²) in [6.07, 6.45) is 0. The van der Waals surface area contributed by atoms with Crippen LogP contribution in [0.15, 0.2) is 41.3 Å². The number of nitrogens with one attached hydrogen (secondary N) is 1. The fourth-order valence-corrected chi connectivity index (χ4v) is 3.19. The van der Waals surface area contributed by atoms with Crippen LogP contribution in [0.3, 0.4) is 0 Å². The molecular formula is C15H11F4NO3S. The summed E-state index contributed by atoms with van der Waals surface area (Å²) in [6, 6.07) is 4.00. The maximum atomic E-state index is 13.6. The Morgan fingerprint density at radius 3 is 2.12 bits per heavy atom. The van der Waals surface area contributed by atoms with Gasteiger partial charge in [-0.1, -0.05) is 0 Å². The van der Waals surface area contributed by atoms with E-state index in [0.717, 1.165) is 25.1 Å². The van der Waals surface area contributed by atoms with Crippen molar-refractivity contribution in [3.63, 3.8) is 0 Å². The highest BCUT2D eigenvalue weighted by molar-refractivity contribution is 7.92. The molecule has 0 heterocycles. The van der Waals surface area contributed by atoms with E-state index in [1.54, 1.807) is 0 Å². The molecule has 24 heavy (non-hydrogen) atoms. The first-order valence-corrected chi connectivity index (χ1v) is 8.12. The Morgan fingerprint density at radius 1 is 0.958 bits per heavy atom. The van der Waals surface area contributed by atoms with Gasteiger partial charge < -0.3 is 5.32 Å². The molecule has 1 atom stereocenters. The van der Waals surface area contributed by atoms with Crippen molar-refractivity contribution in [3.8, 4) is 0 Å². The lowest BCUT2D eigenvalue weighted by Gasteiger charge is -2.14. The van der Waals surface area contributed by atoms with Gasteiger partial charge in [-0.2, -0.15) is 0 Å². The summed E-state index contributed by atoms with van der Waals surface area (Å²) in [6.45, 7) is 0.923. The molecule has 0 saturated heterocycles. The first kappa shape index (κ1) is 17.9. The Hall–Kier alpha value is -2.42. The summed E-state index contributed by atoms with van der Waals surface area (Å²) in [5, 5.41) is 0.0471. The van der Waals surface area contributed by atoms with Gasteiger partial charge in [-0.15, -0.1) is 0 Å². The lowest BCUT2D eigenvalue weighted by atomic mass is 10.3. The van der Waals surface area contributed by atoms with Crippen molar-refractivity contribution in [2.24, 2.45) is 0 Å². The largest absolute Gasteiger partial charge is 0.322 e. The van der Waals surface area contributed by atoms with E-state index in [0.29, 0.717) is 18.2 Å². The highest BCUT2D eigenvalue weighted by Crippen LogP contribution is 2.22. The molecule has 0 aliphatic heterocycles. The summed E-state index contributed by atoms with van der Waals surface area (Å²) in [4.78, 5) is 11.0. The zero-order chi connectivity index (χ0) is 18.1. The molecule has 1 amide bonds. The van der Waals surface area contributed by atoms with Crippen molar-refractivity contribution in [1.82, 2.24) is 0 Å². The van der Waals surface area contributed by atoms with E-state index < -0.39 is 54.8 Å². The van der Waals surface area contributed by atoms with Crippen LogP contribution in [0, 0.1) is 23.3 Å². The van der Waals surface area contributed by atoms with Crippen molar-refractivity contribution in [2.75, 3.05) is 5.32 Å². The van der Waals surface area contributed by atoms with E-state index in [9.17, 15) is 30.8 Å². The van der Waals surface area contributed by atoms with Gasteiger partial charge in [0.05, 0.1) is 5.69 Å². The summed E-state index contributed by atoms with van der Waals surface area (Å²) in [5.74, 6) is -5.28. The van der Waals surface area contributed by atoms with Gasteiger partial charge in [-0.25, -0.2) is 26.0 Å². The van der Waals surface area contributed by atoms with Crippen molar-refractivity contribution in [3.05, 3.63) is 59.7 Å². The van der Waals surface area contributed by atoms with Crippen molar-refractivity contribution < 1.29 is 30.8 Å². The normalized spacial score (nSPS) is 12.7. The number of amides is 1. The molecule has 0 unspecified atom stereocenters. The van der Waals surface area contributed by atoms with Gasteiger partial charge in [0.2, 0.25) is 5.91 Å². The molecule has 0 aliphatic rings. The molecule has 2 aromatic carbocycles. The van der Waals surface area contributed by atoms with Crippen LogP contribution < -0.4 is 5.32 Å². The standard InChI is InChI=1S/C15H11F4NO3S/c1-8(15(21)20-13-6-9(16)2-4-11(13)18)24(22,23)14-7-10(17)3-5-12(14)19/h2-8H,1H3,(H,20,21)/t8-/m0/s1. The molecule has 4 nitrogen and oxygen atoms in total. The Morgan fingerprint density at radius 2 is 1.50 bits per heavy atom. The van der Waals surface area contributed by atoms with Crippen LogP contribution in [0.25, 0.3) is 0 Å². The Labute approximate surface area is 135 Å². The quantitative estimate of drug-likeness (QED) is 0.852. The van der Waals surface area contributed by atoms with Gasteiger partial charge in [-0.3, -0.25) is 4.79 Å². The van der Waals surface area contributed by atoms with Crippen molar-refractivity contribution in [2.45, 2.75) is 17.1 Å². The number of sulfone groups is 1. The number of hydrogen-bond donors (Lipinski definition) is 1. The summed E-state index contributed by atoms with van der Waals surface area (Å²) in [5.41, 5.74) is -0.568. The maximum absolute atomic E-state index is 13.6. The molecule has 1 N–H and O–H groups in total. The molecule has 128 valence electrons. The van der Waals surface area contributed by atoms with Crippen LogP contribution in [0.4, 0.5) is 23.2 Å². The van der Waals surface area contributed by atoms with Gasteiger partial charge in [0.25, 0.3) is 0 Å². The van der Waals surface area contributed by atoms with Gasteiger partial charge in [0, 0.05) is 6.07 Å². The number of carbonyl (C=O) groups is 1. The molecule has 9 heteroatoms. The van der Waals surface area contributed by atoms with Gasteiger partial charge in [0.1, 0.15) is 33.4 Å². The average Bonchev–Trinajstić information content (AvgIpc) is 2.52. The molecule has 2 aromatic rings. The molecule has 0 bridgehead atoms. The van der Waals surface area contributed by atoms with Crippen molar-refractivity contribution in [1.29, 1.82) is 0 Å². The van der Waals surface area contributed by atoms with Gasteiger partial charge in [0.15, 0.2) is 9.84 Å². The molecule has 0 fully saturated rings. The number of halogens is 4. The van der Waals surface area contributed by atoms with E-state index in [4.69, 9.17) is 0 Å². The number of carbonyl (C=O) groups excluding carboxylic acids is 1. The van der Waals surface area contributed by atoms with Crippen LogP contribution >= 0.6 is 0 Å².